The van der Waals surface area contributed by atoms with Crippen molar-refractivity contribution in [3.05, 3.63) is 34.9 Å². The summed E-state index contributed by atoms with van der Waals surface area (Å²) in [4.78, 5) is 0. The van der Waals surface area contributed by atoms with Crippen LogP contribution in [-0.2, 0) is 4.74 Å². The number of ether oxygens (including phenoxy) is 1. The number of aryl methyl sites for hydroxylation is 2. The summed E-state index contributed by atoms with van der Waals surface area (Å²) in [5.41, 5.74) is 4.04. The van der Waals surface area contributed by atoms with Gasteiger partial charge in [-0.3, -0.25) is 0 Å². The highest BCUT2D eigenvalue weighted by atomic mass is 16.5. The molecule has 2 unspecified atom stereocenters. The maximum Gasteiger partial charge on any atom is 0.0561 e. The molecule has 1 rings (SSSR count). The lowest BCUT2D eigenvalue weighted by Crippen LogP contribution is -2.22. The van der Waals surface area contributed by atoms with E-state index in [0.29, 0.717) is 6.04 Å². The van der Waals surface area contributed by atoms with Gasteiger partial charge < -0.3 is 10.1 Å². The van der Waals surface area contributed by atoms with Crippen molar-refractivity contribution in [2.45, 2.75) is 39.3 Å². The first kappa shape index (κ1) is 13.2. The lowest BCUT2D eigenvalue weighted by atomic mass is 9.97. The van der Waals surface area contributed by atoms with Gasteiger partial charge in [0.2, 0.25) is 0 Å². The Morgan fingerprint density at radius 2 is 1.94 bits per heavy atom. The lowest BCUT2D eigenvalue weighted by molar-refractivity contribution is 0.101. The van der Waals surface area contributed by atoms with E-state index in [0.717, 1.165) is 6.42 Å². The maximum absolute atomic E-state index is 5.32. The van der Waals surface area contributed by atoms with Crippen LogP contribution in [0.15, 0.2) is 18.2 Å². The van der Waals surface area contributed by atoms with E-state index >= 15 is 0 Å². The highest BCUT2D eigenvalue weighted by Crippen LogP contribution is 2.21. The van der Waals surface area contributed by atoms with E-state index in [1.165, 1.54) is 16.7 Å². The van der Waals surface area contributed by atoms with Crippen molar-refractivity contribution >= 4 is 0 Å². The Morgan fingerprint density at radius 3 is 2.44 bits per heavy atom. The summed E-state index contributed by atoms with van der Waals surface area (Å²) in [7, 11) is 3.76. The third kappa shape index (κ3) is 3.32. The van der Waals surface area contributed by atoms with Crippen molar-refractivity contribution in [2.24, 2.45) is 0 Å². The van der Waals surface area contributed by atoms with E-state index in [1.807, 2.05) is 7.05 Å². The number of methoxy groups -OCH3 is 1. The Balaban J connectivity index is 2.82. The molecule has 16 heavy (non-hydrogen) atoms. The molecule has 0 heterocycles. The fraction of sp³-hybridized carbons (Fsp3) is 0.571. The lowest BCUT2D eigenvalue weighted by Gasteiger charge is -2.21. The molecule has 0 amide bonds. The number of hydrogen-bond donors (Lipinski definition) is 1. The van der Waals surface area contributed by atoms with Gasteiger partial charge in [-0.25, -0.2) is 0 Å². The van der Waals surface area contributed by atoms with Gasteiger partial charge in [0.05, 0.1) is 6.10 Å². The highest BCUT2D eigenvalue weighted by Gasteiger charge is 2.13. The number of rotatable bonds is 5. The summed E-state index contributed by atoms with van der Waals surface area (Å²) in [6, 6.07) is 7.02. The molecule has 1 aromatic carbocycles. The largest absolute Gasteiger partial charge is 0.382 e. The van der Waals surface area contributed by atoms with Crippen molar-refractivity contribution in [3.8, 4) is 0 Å². The monoisotopic (exact) mass is 221 g/mol. The van der Waals surface area contributed by atoms with Crippen molar-refractivity contribution in [1.82, 2.24) is 5.32 Å². The van der Waals surface area contributed by atoms with E-state index in [-0.39, 0.29) is 6.10 Å². The van der Waals surface area contributed by atoms with Crippen LogP contribution in [0.3, 0.4) is 0 Å². The van der Waals surface area contributed by atoms with Gasteiger partial charge in [0, 0.05) is 13.2 Å². The average Bonchev–Trinajstić information content (AvgIpc) is 2.29. The standard InChI is InChI=1S/C14H23NO/c1-10-6-7-13(8-11(10)2)14(15-4)9-12(3)16-5/h6-8,12,14-15H,9H2,1-5H3. The van der Waals surface area contributed by atoms with Crippen molar-refractivity contribution in [2.75, 3.05) is 14.2 Å². The average molecular weight is 221 g/mol. The maximum atomic E-state index is 5.32. The van der Waals surface area contributed by atoms with Gasteiger partial charge in [-0.05, 0) is 50.9 Å². The van der Waals surface area contributed by atoms with Crippen molar-refractivity contribution in [3.63, 3.8) is 0 Å². The van der Waals surface area contributed by atoms with Crippen LogP contribution in [-0.4, -0.2) is 20.3 Å². The normalized spacial score (nSPS) is 14.8. The SMILES string of the molecule is CNC(CC(C)OC)c1ccc(C)c(C)c1. The molecule has 90 valence electrons. The molecule has 1 aromatic rings. The topological polar surface area (TPSA) is 21.3 Å². The predicted molar refractivity (Wildman–Crippen MR) is 68.8 cm³/mol. The van der Waals surface area contributed by atoms with Gasteiger partial charge in [-0.2, -0.15) is 0 Å². The van der Waals surface area contributed by atoms with Crippen LogP contribution in [0.1, 0.15) is 36.1 Å². The summed E-state index contributed by atoms with van der Waals surface area (Å²) in [5, 5.41) is 3.35. The molecule has 0 saturated carbocycles. The van der Waals surface area contributed by atoms with Crippen LogP contribution in [0.4, 0.5) is 0 Å². The molecule has 2 atom stereocenters. The minimum Gasteiger partial charge on any atom is -0.382 e. The fourth-order valence-electron chi connectivity index (χ4n) is 1.83. The molecule has 0 radical (unpaired) electrons. The van der Waals surface area contributed by atoms with Crippen molar-refractivity contribution in [1.29, 1.82) is 0 Å². The van der Waals surface area contributed by atoms with Crippen LogP contribution in [0, 0.1) is 13.8 Å². The molecule has 0 bridgehead atoms. The third-order valence-corrected chi connectivity index (χ3v) is 3.25. The first-order valence-electron chi connectivity index (χ1n) is 5.85. The Bertz CT molecular complexity index is 336. The molecule has 2 nitrogen and oxygen atoms in total. The Morgan fingerprint density at radius 1 is 1.25 bits per heavy atom. The molecule has 0 saturated heterocycles. The predicted octanol–water partition coefficient (Wildman–Crippen LogP) is 2.99. The van der Waals surface area contributed by atoms with E-state index in [1.54, 1.807) is 7.11 Å². The molecule has 0 spiro atoms. The summed E-state index contributed by atoms with van der Waals surface area (Å²) in [6.45, 7) is 6.40. The second-order valence-corrected chi connectivity index (χ2v) is 4.47. The van der Waals surface area contributed by atoms with E-state index in [2.05, 4.69) is 44.3 Å². The third-order valence-electron chi connectivity index (χ3n) is 3.25. The molecule has 0 aliphatic carbocycles. The number of benzene rings is 1. The summed E-state index contributed by atoms with van der Waals surface area (Å²) < 4.78 is 5.32. The zero-order chi connectivity index (χ0) is 12.1. The molecule has 2 heteroatoms. The minimum atomic E-state index is 0.277. The molecule has 0 fully saturated rings. The van der Waals surface area contributed by atoms with E-state index in [4.69, 9.17) is 4.74 Å². The molecule has 0 aromatic heterocycles. The number of nitrogens with one attached hydrogen (secondary N) is 1. The van der Waals surface area contributed by atoms with Crippen molar-refractivity contribution < 1.29 is 4.74 Å². The molecule has 0 aliphatic rings. The van der Waals surface area contributed by atoms with Gasteiger partial charge in [0.15, 0.2) is 0 Å². The van der Waals surface area contributed by atoms with Gasteiger partial charge >= 0.3 is 0 Å². The molecule has 0 aliphatic heterocycles. The molecule has 1 N–H and O–H groups in total. The molecular formula is C14H23NO. The minimum absolute atomic E-state index is 0.277. The first-order chi connectivity index (χ1) is 7.58. The van der Waals surface area contributed by atoms with Crippen LogP contribution < -0.4 is 5.32 Å². The second kappa shape index (κ2) is 6.02. The van der Waals surface area contributed by atoms with E-state index in [9.17, 15) is 0 Å². The van der Waals surface area contributed by atoms with Crippen LogP contribution in [0.25, 0.3) is 0 Å². The summed E-state index contributed by atoms with van der Waals surface area (Å²) in [6.07, 6.45) is 1.27. The summed E-state index contributed by atoms with van der Waals surface area (Å²) >= 11 is 0. The Kier molecular flexibility index (Phi) is 4.97. The smallest absolute Gasteiger partial charge is 0.0561 e. The van der Waals surface area contributed by atoms with Crippen LogP contribution >= 0.6 is 0 Å². The molecular weight excluding hydrogens is 198 g/mol. The van der Waals surface area contributed by atoms with Gasteiger partial charge in [0.25, 0.3) is 0 Å². The zero-order valence-corrected chi connectivity index (χ0v) is 11.0. The Hall–Kier alpha value is -0.860. The van der Waals surface area contributed by atoms with Crippen LogP contribution in [0.5, 0.6) is 0 Å². The van der Waals surface area contributed by atoms with E-state index < -0.39 is 0 Å². The number of hydrogen-bond acceptors (Lipinski definition) is 2. The summed E-state index contributed by atoms with van der Waals surface area (Å²) in [5.74, 6) is 0. The van der Waals surface area contributed by atoms with Gasteiger partial charge in [0.1, 0.15) is 0 Å². The quantitative estimate of drug-likeness (QED) is 0.825. The fourth-order valence-corrected chi connectivity index (χ4v) is 1.83. The zero-order valence-electron chi connectivity index (χ0n) is 11.0. The highest BCUT2D eigenvalue weighted by molar-refractivity contribution is 5.31. The van der Waals surface area contributed by atoms with Crippen LogP contribution in [0.2, 0.25) is 0 Å². The Labute approximate surface area is 99.0 Å². The van der Waals surface area contributed by atoms with Gasteiger partial charge in [-0.15, -0.1) is 0 Å². The van der Waals surface area contributed by atoms with Gasteiger partial charge in [-0.1, -0.05) is 18.2 Å². The second-order valence-electron chi connectivity index (χ2n) is 4.47. The first-order valence-corrected chi connectivity index (χ1v) is 5.85.